The van der Waals surface area contributed by atoms with Crippen molar-refractivity contribution >= 4 is 5.52 Å². The molecule has 1 N–H and O–H groups in total. The molecule has 6 nitrogen and oxygen atoms in total. The maximum atomic E-state index is 5.82. The molecule has 1 aliphatic rings. The topological polar surface area (TPSA) is 58.5 Å². The fourth-order valence-corrected chi connectivity index (χ4v) is 3.29. The third-order valence-electron chi connectivity index (χ3n) is 4.38. The molecule has 0 radical (unpaired) electrons. The van der Waals surface area contributed by atoms with Crippen molar-refractivity contribution in [1.29, 1.82) is 0 Å². The summed E-state index contributed by atoms with van der Waals surface area (Å²) in [4.78, 5) is 14.3. The molecule has 120 valence electrons. The smallest absolute Gasteiger partial charge is 0.0922 e. The molecular weight excluding hydrogens is 290 g/mol. The van der Waals surface area contributed by atoms with Crippen LogP contribution in [0.25, 0.3) is 5.52 Å². The second kappa shape index (κ2) is 6.52. The standard InChI is InChI=1S/C17H21N5O/c1-2-17-16(19-3-5-22(17)4-1)8-14-10-21(6-7-23-12-14)11-15-9-18-13-20-15/h1-5,9,13-14H,6-8,10-12H2,(H,18,20). The lowest BCUT2D eigenvalue weighted by atomic mass is 10.0. The van der Waals surface area contributed by atoms with Crippen molar-refractivity contribution in [2.24, 2.45) is 5.92 Å². The van der Waals surface area contributed by atoms with E-state index >= 15 is 0 Å². The summed E-state index contributed by atoms with van der Waals surface area (Å²) in [5.41, 5.74) is 3.49. The van der Waals surface area contributed by atoms with Gasteiger partial charge in [-0.05, 0) is 18.6 Å². The summed E-state index contributed by atoms with van der Waals surface area (Å²) in [6, 6.07) is 4.19. The molecule has 1 aliphatic heterocycles. The highest BCUT2D eigenvalue weighted by Gasteiger charge is 2.21. The van der Waals surface area contributed by atoms with Gasteiger partial charge in [0.1, 0.15) is 0 Å². The first-order valence-corrected chi connectivity index (χ1v) is 8.06. The Balaban J connectivity index is 1.48. The van der Waals surface area contributed by atoms with Crippen molar-refractivity contribution in [2.75, 3.05) is 26.3 Å². The highest BCUT2D eigenvalue weighted by molar-refractivity contribution is 5.52. The van der Waals surface area contributed by atoms with Crippen LogP contribution in [0.4, 0.5) is 0 Å². The predicted octanol–water partition coefficient (Wildman–Crippen LogP) is 1.75. The van der Waals surface area contributed by atoms with Gasteiger partial charge in [-0.2, -0.15) is 0 Å². The van der Waals surface area contributed by atoms with Gasteiger partial charge in [0.05, 0.1) is 30.8 Å². The minimum absolute atomic E-state index is 0.453. The number of hydrogen-bond acceptors (Lipinski definition) is 4. The molecule has 1 fully saturated rings. The molecule has 3 aromatic heterocycles. The Bertz CT molecular complexity index is 751. The lowest BCUT2D eigenvalue weighted by molar-refractivity contribution is 0.121. The van der Waals surface area contributed by atoms with Gasteiger partial charge in [0.2, 0.25) is 0 Å². The van der Waals surface area contributed by atoms with Crippen LogP contribution in [0.2, 0.25) is 0 Å². The van der Waals surface area contributed by atoms with E-state index in [-0.39, 0.29) is 0 Å². The number of aromatic amines is 1. The molecule has 4 heterocycles. The average molecular weight is 311 g/mol. The van der Waals surface area contributed by atoms with Crippen molar-refractivity contribution in [2.45, 2.75) is 13.0 Å². The molecule has 0 aliphatic carbocycles. The van der Waals surface area contributed by atoms with Gasteiger partial charge in [0.25, 0.3) is 0 Å². The van der Waals surface area contributed by atoms with Crippen LogP contribution in [0.5, 0.6) is 0 Å². The number of aromatic nitrogens is 4. The number of H-pyrrole nitrogens is 1. The minimum atomic E-state index is 0.453. The number of imidazole rings is 1. The van der Waals surface area contributed by atoms with E-state index in [0.29, 0.717) is 5.92 Å². The first-order chi connectivity index (χ1) is 11.4. The number of nitrogens with zero attached hydrogens (tertiary/aromatic N) is 4. The van der Waals surface area contributed by atoms with Gasteiger partial charge < -0.3 is 14.1 Å². The second-order valence-corrected chi connectivity index (χ2v) is 6.13. The lowest BCUT2D eigenvalue weighted by Gasteiger charge is -2.22. The van der Waals surface area contributed by atoms with Crippen LogP contribution < -0.4 is 0 Å². The summed E-state index contributed by atoms with van der Waals surface area (Å²) in [6.07, 6.45) is 10.5. The maximum absolute atomic E-state index is 5.82. The molecule has 23 heavy (non-hydrogen) atoms. The minimum Gasteiger partial charge on any atom is -0.380 e. The van der Waals surface area contributed by atoms with E-state index in [1.54, 1.807) is 6.33 Å². The lowest BCUT2D eigenvalue weighted by Crippen LogP contribution is -2.30. The van der Waals surface area contributed by atoms with Crippen LogP contribution in [-0.4, -0.2) is 50.6 Å². The third kappa shape index (κ3) is 3.28. The van der Waals surface area contributed by atoms with Crippen molar-refractivity contribution in [3.63, 3.8) is 0 Å². The zero-order chi connectivity index (χ0) is 15.5. The molecule has 0 amide bonds. The van der Waals surface area contributed by atoms with Gasteiger partial charge in [0, 0.05) is 56.0 Å². The molecule has 0 saturated carbocycles. The van der Waals surface area contributed by atoms with Gasteiger partial charge in [-0.1, -0.05) is 0 Å². The van der Waals surface area contributed by atoms with Crippen molar-refractivity contribution < 1.29 is 4.74 Å². The van der Waals surface area contributed by atoms with Crippen LogP contribution >= 0.6 is 0 Å². The normalized spacial score (nSPS) is 19.9. The van der Waals surface area contributed by atoms with Crippen LogP contribution in [0.1, 0.15) is 11.4 Å². The molecule has 0 bridgehead atoms. The Hall–Kier alpha value is -2.18. The number of fused-ring (bicyclic) bond motifs is 1. The molecule has 0 aromatic carbocycles. The van der Waals surface area contributed by atoms with E-state index in [2.05, 4.69) is 42.6 Å². The van der Waals surface area contributed by atoms with Crippen LogP contribution in [0.3, 0.4) is 0 Å². The highest BCUT2D eigenvalue weighted by atomic mass is 16.5. The van der Waals surface area contributed by atoms with E-state index in [9.17, 15) is 0 Å². The monoisotopic (exact) mass is 311 g/mol. The summed E-state index contributed by atoms with van der Waals surface area (Å²) >= 11 is 0. The molecule has 1 saturated heterocycles. The maximum Gasteiger partial charge on any atom is 0.0922 e. The number of hydrogen-bond donors (Lipinski definition) is 1. The van der Waals surface area contributed by atoms with Crippen LogP contribution in [0, 0.1) is 5.92 Å². The summed E-state index contributed by atoms with van der Waals surface area (Å²) in [6.45, 7) is 4.44. The van der Waals surface area contributed by atoms with Crippen molar-refractivity contribution in [3.05, 3.63) is 54.6 Å². The fraction of sp³-hybridized carbons (Fsp3) is 0.412. The Morgan fingerprint density at radius 3 is 3.26 bits per heavy atom. The van der Waals surface area contributed by atoms with Crippen LogP contribution in [-0.2, 0) is 17.7 Å². The quantitative estimate of drug-likeness (QED) is 0.797. The van der Waals surface area contributed by atoms with Gasteiger partial charge in [-0.25, -0.2) is 4.98 Å². The zero-order valence-corrected chi connectivity index (χ0v) is 13.1. The van der Waals surface area contributed by atoms with Gasteiger partial charge in [-0.15, -0.1) is 0 Å². The molecule has 3 aromatic rings. The summed E-state index contributed by atoms with van der Waals surface area (Å²) in [5, 5.41) is 0. The summed E-state index contributed by atoms with van der Waals surface area (Å²) in [5.74, 6) is 0.453. The van der Waals surface area contributed by atoms with E-state index < -0.39 is 0 Å². The van der Waals surface area contributed by atoms with Gasteiger partial charge in [-0.3, -0.25) is 9.88 Å². The number of nitrogens with one attached hydrogen (secondary N) is 1. The van der Waals surface area contributed by atoms with E-state index in [1.165, 1.54) is 5.52 Å². The summed E-state index contributed by atoms with van der Waals surface area (Å²) in [7, 11) is 0. The number of ether oxygens (including phenoxy) is 1. The highest BCUT2D eigenvalue weighted by Crippen LogP contribution is 2.17. The molecule has 4 rings (SSSR count). The Kier molecular flexibility index (Phi) is 4.08. The fourth-order valence-electron chi connectivity index (χ4n) is 3.29. The molecule has 0 spiro atoms. The van der Waals surface area contributed by atoms with Crippen molar-refractivity contribution in [3.8, 4) is 0 Å². The number of rotatable bonds is 4. The Morgan fingerprint density at radius 1 is 1.35 bits per heavy atom. The largest absolute Gasteiger partial charge is 0.380 e. The first-order valence-electron chi connectivity index (χ1n) is 8.06. The van der Waals surface area contributed by atoms with Gasteiger partial charge >= 0.3 is 0 Å². The zero-order valence-electron chi connectivity index (χ0n) is 13.1. The second-order valence-electron chi connectivity index (χ2n) is 6.13. The molecule has 6 heteroatoms. The third-order valence-corrected chi connectivity index (χ3v) is 4.38. The molecule has 1 atom stereocenters. The predicted molar refractivity (Wildman–Crippen MR) is 87.1 cm³/mol. The van der Waals surface area contributed by atoms with Crippen LogP contribution in [0.15, 0.2) is 43.2 Å². The van der Waals surface area contributed by atoms with Gasteiger partial charge in [0.15, 0.2) is 0 Å². The molecule has 1 unspecified atom stereocenters. The van der Waals surface area contributed by atoms with E-state index in [1.807, 2.05) is 18.6 Å². The van der Waals surface area contributed by atoms with E-state index in [4.69, 9.17) is 4.74 Å². The molecular formula is C17H21N5O. The van der Waals surface area contributed by atoms with Crippen molar-refractivity contribution in [1.82, 2.24) is 24.3 Å². The van der Waals surface area contributed by atoms with E-state index in [0.717, 1.165) is 50.7 Å². The SMILES string of the molecule is c1cc2c(CC3COCCN(Cc4cnc[nH]4)C3)nccn2c1. The first kappa shape index (κ1) is 14.4. The average Bonchev–Trinajstić information content (AvgIpc) is 3.18. The summed E-state index contributed by atoms with van der Waals surface area (Å²) < 4.78 is 7.95. The Morgan fingerprint density at radius 2 is 2.35 bits per heavy atom. The Labute approximate surface area is 135 Å².